The first-order valence-electron chi connectivity index (χ1n) is 22.8. The zero-order valence-corrected chi connectivity index (χ0v) is 35.4. The van der Waals surface area contributed by atoms with E-state index in [1.165, 1.54) is 103 Å². The molecule has 7 heteroatoms. The Morgan fingerprint density at radius 3 is 1.14 bits per heavy atom. The fourth-order valence-electron chi connectivity index (χ4n) is 11.7. The molecule has 4 saturated carbocycles. The molecule has 0 atom stereocenters. The molecule has 0 radical (unpaired) electrons. The minimum atomic E-state index is -0.973. The van der Waals surface area contributed by atoms with Gasteiger partial charge in [0.15, 0.2) is 23.1 Å². The summed E-state index contributed by atoms with van der Waals surface area (Å²) in [4.78, 5) is 0. The van der Waals surface area contributed by atoms with Gasteiger partial charge in [0, 0.05) is 11.1 Å². The Bertz CT molecular complexity index is 1500. The summed E-state index contributed by atoms with van der Waals surface area (Å²) in [6.45, 7) is 4.96. The van der Waals surface area contributed by atoms with Gasteiger partial charge < -0.3 is 14.2 Å². The molecular weight excluding hydrogens is 725 g/mol. The summed E-state index contributed by atoms with van der Waals surface area (Å²) in [6.07, 6.45) is 27.9. The highest BCUT2D eigenvalue weighted by Crippen LogP contribution is 2.47. The first-order valence-corrected chi connectivity index (χ1v) is 22.8. The molecule has 57 heavy (non-hydrogen) atoms. The summed E-state index contributed by atoms with van der Waals surface area (Å²) in [5.74, 6) is 0.963. The van der Waals surface area contributed by atoms with E-state index >= 15 is 17.6 Å². The lowest BCUT2D eigenvalue weighted by atomic mass is 9.67. The van der Waals surface area contributed by atoms with E-state index in [2.05, 4.69) is 13.8 Å². The van der Waals surface area contributed by atoms with Crippen LogP contribution in [0.3, 0.4) is 0 Å². The fraction of sp³-hybridized carbons (Fsp3) is 0.680. The molecule has 0 spiro atoms. The van der Waals surface area contributed by atoms with Gasteiger partial charge >= 0.3 is 0 Å². The molecule has 0 bridgehead atoms. The summed E-state index contributed by atoms with van der Waals surface area (Å²) in [5, 5.41) is 0. The van der Waals surface area contributed by atoms with Crippen LogP contribution in [0, 0.1) is 70.6 Å². The average molecular weight is 795 g/mol. The van der Waals surface area contributed by atoms with Crippen molar-refractivity contribution in [1.29, 1.82) is 0 Å². The van der Waals surface area contributed by atoms with Crippen molar-refractivity contribution < 1.29 is 31.8 Å². The number of benzene rings is 2. The summed E-state index contributed by atoms with van der Waals surface area (Å²) in [7, 11) is 2.69. The Morgan fingerprint density at radius 2 is 0.825 bits per heavy atom. The van der Waals surface area contributed by atoms with Gasteiger partial charge in [-0.15, -0.1) is 0 Å². The van der Waals surface area contributed by atoms with Crippen LogP contribution < -0.4 is 9.47 Å². The molecule has 0 N–H and O–H groups in total. The minimum absolute atomic E-state index is 0.0999. The largest absolute Gasteiger partial charge is 0.494 e. The Balaban J connectivity index is 1.15. The average Bonchev–Trinajstić information content (AvgIpc) is 3.24. The van der Waals surface area contributed by atoms with E-state index in [4.69, 9.17) is 14.2 Å². The first-order chi connectivity index (χ1) is 27.8. The molecule has 4 fully saturated rings. The van der Waals surface area contributed by atoms with E-state index in [9.17, 15) is 0 Å². The van der Waals surface area contributed by atoms with Crippen molar-refractivity contribution in [2.45, 2.75) is 142 Å². The smallest absolute Gasteiger partial charge is 0.201 e. The molecular formula is C50H70F4O3. The molecule has 0 heterocycles. The van der Waals surface area contributed by atoms with Crippen LogP contribution in [0.1, 0.15) is 153 Å². The third kappa shape index (κ3) is 10.9. The van der Waals surface area contributed by atoms with Crippen LogP contribution in [0.4, 0.5) is 17.6 Å². The standard InChI is InChI=1S/C50H70F4O3/c1-5-7-33-9-13-35(14-10-33)37-17-21-39(22-18-37)41(43-25-27-45(55-3)49(53)47(43)51)29-31-57-32-30-42(44-26-28-46(56-4)50(54)48(44)52)40-23-19-38(20-24-40)36-15-11-34(8-6-2)12-16-36/h25-30,33-40H,5-24,31-32H2,1-4H3. The van der Waals surface area contributed by atoms with Gasteiger partial charge in [0.05, 0.1) is 27.4 Å². The maximum Gasteiger partial charge on any atom is 0.201 e. The topological polar surface area (TPSA) is 27.7 Å². The van der Waals surface area contributed by atoms with Gasteiger partial charge in [-0.25, -0.2) is 8.78 Å². The van der Waals surface area contributed by atoms with E-state index in [0.717, 1.165) is 86.2 Å². The van der Waals surface area contributed by atoms with E-state index in [0.29, 0.717) is 11.8 Å². The van der Waals surface area contributed by atoms with Crippen LogP contribution in [-0.4, -0.2) is 27.4 Å². The molecule has 2 aromatic carbocycles. The van der Waals surface area contributed by atoms with Crippen molar-refractivity contribution in [3.63, 3.8) is 0 Å². The van der Waals surface area contributed by atoms with Crippen molar-refractivity contribution in [2.75, 3.05) is 27.4 Å². The number of ether oxygens (including phenoxy) is 3. The second kappa shape index (κ2) is 21.5. The molecule has 0 saturated heterocycles. The Labute approximate surface area is 341 Å². The van der Waals surface area contributed by atoms with Crippen LogP contribution >= 0.6 is 0 Å². The molecule has 2 aromatic rings. The Morgan fingerprint density at radius 1 is 0.491 bits per heavy atom. The van der Waals surface area contributed by atoms with Crippen molar-refractivity contribution in [1.82, 2.24) is 0 Å². The zero-order valence-electron chi connectivity index (χ0n) is 35.4. The number of halogens is 4. The first kappa shape index (κ1) is 43.8. The van der Waals surface area contributed by atoms with Gasteiger partial charge in [0.1, 0.15) is 0 Å². The molecule has 0 aliphatic heterocycles. The fourth-order valence-corrected chi connectivity index (χ4v) is 11.7. The van der Waals surface area contributed by atoms with Crippen LogP contribution in [0.25, 0.3) is 11.1 Å². The highest BCUT2D eigenvalue weighted by molar-refractivity contribution is 5.70. The molecule has 4 aliphatic rings. The number of hydrogen-bond donors (Lipinski definition) is 0. The summed E-state index contributed by atoms with van der Waals surface area (Å²) in [5.41, 5.74) is 2.11. The summed E-state index contributed by atoms with van der Waals surface area (Å²) in [6, 6.07) is 6.28. The molecule has 6 rings (SSSR count). The van der Waals surface area contributed by atoms with Gasteiger partial charge in [-0.1, -0.05) is 77.4 Å². The van der Waals surface area contributed by atoms with E-state index in [-0.39, 0.29) is 47.7 Å². The molecule has 3 nitrogen and oxygen atoms in total. The highest BCUT2D eigenvalue weighted by atomic mass is 19.2. The van der Waals surface area contributed by atoms with Crippen molar-refractivity contribution in [3.05, 3.63) is 70.8 Å². The highest BCUT2D eigenvalue weighted by Gasteiger charge is 2.35. The van der Waals surface area contributed by atoms with Gasteiger partial charge in [0.2, 0.25) is 11.6 Å². The third-order valence-electron chi connectivity index (χ3n) is 14.9. The molecule has 0 unspecified atom stereocenters. The normalized spacial score (nSPS) is 29.0. The maximum atomic E-state index is 15.7. The van der Waals surface area contributed by atoms with Crippen molar-refractivity contribution >= 4 is 11.1 Å². The number of rotatable bonds is 16. The number of hydrogen-bond acceptors (Lipinski definition) is 3. The predicted octanol–water partition coefficient (Wildman–Crippen LogP) is 14.6. The van der Waals surface area contributed by atoms with Crippen LogP contribution in [0.2, 0.25) is 0 Å². The zero-order chi connectivity index (χ0) is 40.3. The summed E-state index contributed by atoms with van der Waals surface area (Å²) >= 11 is 0. The monoisotopic (exact) mass is 795 g/mol. The van der Waals surface area contributed by atoms with E-state index in [1.807, 2.05) is 12.2 Å². The Kier molecular flexibility index (Phi) is 16.5. The third-order valence-corrected chi connectivity index (χ3v) is 14.9. The maximum absolute atomic E-state index is 15.7. The second-order valence-corrected chi connectivity index (χ2v) is 18.1. The summed E-state index contributed by atoms with van der Waals surface area (Å²) < 4.78 is 78.0. The van der Waals surface area contributed by atoms with E-state index < -0.39 is 23.3 Å². The van der Waals surface area contributed by atoms with Crippen molar-refractivity contribution in [2.24, 2.45) is 47.3 Å². The minimum Gasteiger partial charge on any atom is -0.494 e. The predicted molar refractivity (Wildman–Crippen MR) is 224 cm³/mol. The lowest BCUT2D eigenvalue weighted by molar-refractivity contribution is 0.153. The molecule has 4 aliphatic carbocycles. The number of methoxy groups -OCH3 is 2. The molecule has 316 valence electrons. The van der Waals surface area contributed by atoms with Crippen LogP contribution in [0.5, 0.6) is 11.5 Å². The number of allylic oxidation sites excluding steroid dienone is 2. The van der Waals surface area contributed by atoms with Gasteiger partial charge in [-0.3, -0.25) is 0 Å². The quantitative estimate of drug-likeness (QED) is 0.125. The van der Waals surface area contributed by atoms with Crippen molar-refractivity contribution in [3.8, 4) is 11.5 Å². The van der Waals surface area contributed by atoms with Crippen LogP contribution in [-0.2, 0) is 4.74 Å². The molecule has 0 amide bonds. The second-order valence-electron chi connectivity index (χ2n) is 18.1. The SMILES string of the molecule is CCCC1CCC(C2CCC(C(=CCOCC=C(c3ccc(OC)c(F)c3F)C3CCC(C4CCC(CCC)CC4)CC3)c3ccc(OC)c(F)c3F)CC2)CC1. The lowest BCUT2D eigenvalue weighted by Crippen LogP contribution is -2.26. The van der Waals surface area contributed by atoms with Gasteiger partial charge in [-0.05, 0) is 160 Å². The van der Waals surface area contributed by atoms with E-state index in [1.54, 1.807) is 12.1 Å². The Hall–Kier alpha value is -2.80. The van der Waals surface area contributed by atoms with Crippen LogP contribution in [0.15, 0.2) is 36.4 Å². The molecule has 0 aromatic heterocycles. The van der Waals surface area contributed by atoms with Gasteiger partial charge in [0.25, 0.3) is 0 Å². The lowest BCUT2D eigenvalue weighted by Gasteiger charge is -2.38. The van der Waals surface area contributed by atoms with Gasteiger partial charge in [-0.2, -0.15) is 8.78 Å².